The molecule has 1 amide bonds. The second kappa shape index (κ2) is 2.57. The average molecular weight is 196 g/mol. The Hall–Kier alpha value is -0.900. The molecule has 1 saturated carbocycles. The van der Waals surface area contributed by atoms with E-state index in [1.165, 1.54) is 13.8 Å². The number of nitrogens with zero attached hydrogens (tertiary/aromatic N) is 1. The van der Waals surface area contributed by atoms with E-state index >= 15 is 0 Å². The second-order valence-corrected chi connectivity index (χ2v) is 4.73. The predicted molar refractivity (Wildman–Crippen MR) is 51.4 cm³/mol. The van der Waals surface area contributed by atoms with Gasteiger partial charge in [0.25, 0.3) is 0 Å². The molecule has 4 heteroatoms. The van der Waals surface area contributed by atoms with E-state index in [-0.39, 0.29) is 29.2 Å². The van der Waals surface area contributed by atoms with Crippen molar-refractivity contribution in [3.8, 4) is 0 Å². The summed E-state index contributed by atoms with van der Waals surface area (Å²) in [5.74, 6) is 0.541. The van der Waals surface area contributed by atoms with E-state index in [0.29, 0.717) is 12.5 Å². The third-order valence-corrected chi connectivity index (χ3v) is 3.73. The minimum atomic E-state index is -0.271. The minimum Gasteiger partial charge on any atom is -0.332 e. The molecule has 0 aromatic carbocycles. The molecule has 0 bridgehead atoms. The van der Waals surface area contributed by atoms with E-state index in [0.717, 1.165) is 0 Å². The highest BCUT2D eigenvalue weighted by Crippen LogP contribution is 2.56. The summed E-state index contributed by atoms with van der Waals surface area (Å²) in [4.78, 5) is 24.4. The number of piperidine rings is 1. The van der Waals surface area contributed by atoms with Crippen molar-refractivity contribution in [2.75, 3.05) is 6.54 Å². The van der Waals surface area contributed by atoms with E-state index in [4.69, 9.17) is 5.73 Å². The second-order valence-electron chi connectivity index (χ2n) is 4.73. The number of rotatable bonds is 1. The number of nitrogens with two attached hydrogens (primary N) is 1. The molecule has 1 aliphatic carbocycles. The van der Waals surface area contributed by atoms with Gasteiger partial charge in [-0.3, -0.25) is 9.59 Å². The summed E-state index contributed by atoms with van der Waals surface area (Å²) in [7, 11) is 0. The minimum absolute atomic E-state index is 0.0202. The quantitative estimate of drug-likeness (QED) is 0.630. The summed E-state index contributed by atoms with van der Waals surface area (Å²) in [5.41, 5.74) is 5.78. The van der Waals surface area contributed by atoms with Crippen LogP contribution in [-0.2, 0) is 9.59 Å². The van der Waals surface area contributed by atoms with Crippen LogP contribution in [0.4, 0.5) is 0 Å². The maximum atomic E-state index is 11.4. The number of likely N-dealkylation sites (tertiary alicyclic amines) is 1. The molecule has 0 unspecified atom stereocenters. The van der Waals surface area contributed by atoms with E-state index < -0.39 is 0 Å². The monoisotopic (exact) mass is 196 g/mol. The third-order valence-electron chi connectivity index (χ3n) is 3.73. The summed E-state index contributed by atoms with van der Waals surface area (Å²) < 4.78 is 0. The Morgan fingerprint density at radius 2 is 2.00 bits per heavy atom. The summed E-state index contributed by atoms with van der Waals surface area (Å²) in [5, 5.41) is 0. The fraction of sp³-hybridized carbons (Fsp3) is 0.800. The van der Waals surface area contributed by atoms with Crippen molar-refractivity contribution in [3.05, 3.63) is 0 Å². The number of hydrogen-bond donors (Lipinski definition) is 1. The standard InChI is InChI=1S/C10H16N2O2/c1-5(13)9-8-7(10(8,3)11)4-12(9)6(2)14/h7-9H,4,11H2,1-3H3/t7-,8-,9+,10+/m0/s1. The van der Waals surface area contributed by atoms with Gasteiger partial charge in [0.2, 0.25) is 5.91 Å². The van der Waals surface area contributed by atoms with Crippen molar-refractivity contribution < 1.29 is 9.59 Å². The van der Waals surface area contributed by atoms with E-state index in [1.54, 1.807) is 4.90 Å². The van der Waals surface area contributed by atoms with Gasteiger partial charge in [-0.25, -0.2) is 0 Å². The van der Waals surface area contributed by atoms with Crippen molar-refractivity contribution >= 4 is 11.7 Å². The number of ketones is 1. The van der Waals surface area contributed by atoms with Crippen molar-refractivity contribution in [2.24, 2.45) is 17.6 Å². The third kappa shape index (κ3) is 1.03. The van der Waals surface area contributed by atoms with Crippen molar-refractivity contribution in [1.29, 1.82) is 0 Å². The summed E-state index contributed by atoms with van der Waals surface area (Å²) >= 11 is 0. The lowest BCUT2D eigenvalue weighted by atomic mass is 10.0. The van der Waals surface area contributed by atoms with Gasteiger partial charge in [0, 0.05) is 30.8 Å². The maximum Gasteiger partial charge on any atom is 0.220 e. The largest absolute Gasteiger partial charge is 0.332 e. The topological polar surface area (TPSA) is 63.4 Å². The van der Waals surface area contributed by atoms with Crippen LogP contribution >= 0.6 is 0 Å². The number of fused-ring (bicyclic) bond motifs is 1. The molecule has 0 radical (unpaired) electrons. The van der Waals surface area contributed by atoms with Crippen LogP contribution in [0, 0.1) is 11.8 Å². The molecular formula is C10H16N2O2. The highest BCUT2D eigenvalue weighted by molar-refractivity contribution is 5.89. The Bertz CT molecular complexity index is 311. The summed E-state index contributed by atoms with van der Waals surface area (Å²) in [6, 6.07) is -0.271. The fourth-order valence-corrected chi connectivity index (χ4v) is 2.85. The number of carbonyl (C=O) groups is 2. The first-order valence-corrected chi connectivity index (χ1v) is 4.94. The number of carbonyl (C=O) groups excluding carboxylic acids is 2. The zero-order valence-electron chi connectivity index (χ0n) is 8.78. The number of hydrogen-bond acceptors (Lipinski definition) is 3. The molecule has 4 nitrogen and oxygen atoms in total. The molecular weight excluding hydrogens is 180 g/mol. The van der Waals surface area contributed by atoms with Crippen LogP contribution in [0.15, 0.2) is 0 Å². The Morgan fingerprint density at radius 3 is 2.43 bits per heavy atom. The molecule has 2 N–H and O–H groups in total. The van der Waals surface area contributed by atoms with Gasteiger partial charge in [-0.05, 0) is 13.8 Å². The molecule has 2 fully saturated rings. The van der Waals surface area contributed by atoms with Gasteiger partial charge in [-0.15, -0.1) is 0 Å². The van der Waals surface area contributed by atoms with Crippen molar-refractivity contribution in [1.82, 2.24) is 4.90 Å². The molecule has 14 heavy (non-hydrogen) atoms. The molecule has 78 valence electrons. The molecule has 0 aromatic heterocycles. The zero-order chi connectivity index (χ0) is 10.7. The van der Waals surface area contributed by atoms with E-state index in [2.05, 4.69) is 0 Å². The van der Waals surface area contributed by atoms with Crippen molar-refractivity contribution in [2.45, 2.75) is 32.4 Å². The lowest BCUT2D eigenvalue weighted by Crippen LogP contribution is -2.47. The van der Waals surface area contributed by atoms with Crippen LogP contribution in [0.2, 0.25) is 0 Å². The van der Waals surface area contributed by atoms with E-state index in [1.807, 2.05) is 6.92 Å². The summed E-state index contributed by atoms with van der Waals surface area (Å²) in [6.45, 7) is 5.67. The molecule has 1 heterocycles. The summed E-state index contributed by atoms with van der Waals surface area (Å²) in [6.07, 6.45) is 0. The molecule has 2 rings (SSSR count). The average Bonchev–Trinajstić information content (AvgIpc) is 2.47. The SMILES string of the molecule is CC(=O)[C@@H]1[C@@H]2[C@H](CN1C(C)=O)[C@@]2(C)N. The molecule has 0 aromatic rings. The van der Waals surface area contributed by atoms with Gasteiger partial charge in [0.15, 0.2) is 5.78 Å². The van der Waals surface area contributed by atoms with Gasteiger partial charge >= 0.3 is 0 Å². The highest BCUT2D eigenvalue weighted by atomic mass is 16.2. The Kier molecular flexibility index (Phi) is 1.77. The number of amides is 1. The normalized spacial score (nSPS) is 44.9. The smallest absolute Gasteiger partial charge is 0.220 e. The fourth-order valence-electron chi connectivity index (χ4n) is 2.85. The van der Waals surface area contributed by atoms with Crippen LogP contribution in [-0.4, -0.2) is 34.7 Å². The first-order valence-electron chi connectivity index (χ1n) is 4.94. The molecule has 4 atom stereocenters. The Labute approximate surface area is 83.4 Å². The lowest BCUT2D eigenvalue weighted by molar-refractivity contribution is -0.136. The van der Waals surface area contributed by atoms with Crippen LogP contribution in [0.1, 0.15) is 20.8 Å². The van der Waals surface area contributed by atoms with Crippen LogP contribution in [0.5, 0.6) is 0 Å². The van der Waals surface area contributed by atoms with Crippen LogP contribution < -0.4 is 5.73 Å². The van der Waals surface area contributed by atoms with Gasteiger partial charge in [-0.2, -0.15) is 0 Å². The van der Waals surface area contributed by atoms with Gasteiger partial charge < -0.3 is 10.6 Å². The molecule has 0 spiro atoms. The molecule has 1 aliphatic heterocycles. The zero-order valence-corrected chi connectivity index (χ0v) is 8.78. The highest BCUT2D eigenvalue weighted by Gasteiger charge is 2.69. The Morgan fingerprint density at radius 1 is 1.43 bits per heavy atom. The lowest BCUT2D eigenvalue weighted by Gasteiger charge is -2.27. The van der Waals surface area contributed by atoms with Gasteiger partial charge in [0.1, 0.15) is 0 Å². The van der Waals surface area contributed by atoms with Crippen LogP contribution in [0.25, 0.3) is 0 Å². The molecule has 2 aliphatic rings. The molecule has 1 saturated heterocycles. The predicted octanol–water partition coefficient (Wildman–Crippen LogP) is -0.230. The number of Topliss-reactive ketones (excluding diaryl/α,β-unsaturated/α-hetero) is 1. The Balaban J connectivity index is 2.23. The van der Waals surface area contributed by atoms with Crippen molar-refractivity contribution in [3.63, 3.8) is 0 Å². The first kappa shape index (κ1) is 9.65. The van der Waals surface area contributed by atoms with E-state index in [9.17, 15) is 9.59 Å². The van der Waals surface area contributed by atoms with Crippen LogP contribution in [0.3, 0.4) is 0 Å². The van der Waals surface area contributed by atoms with Gasteiger partial charge in [-0.1, -0.05) is 0 Å². The maximum absolute atomic E-state index is 11.4. The van der Waals surface area contributed by atoms with Gasteiger partial charge in [0.05, 0.1) is 6.04 Å². The first-order chi connectivity index (χ1) is 6.37.